The first-order valence-electron chi connectivity index (χ1n) is 5.71. The summed E-state index contributed by atoms with van der Waals surface area (Å²) in [5.41, 5.74) is 0.314. The van der Waals surface area contributed by atoms with E-state index >= 15 is 0 Å². The number of benzene rings is 1. The molecule has 0 atom stereocenters. The van der Waals surface area contributed by atoms with Crippen LogP contribution in [0, 0.1) is 5.41 Å². The number of anilines is 1. The summed E-state index contributed by atoms with van der Waals surface area (Å²) in [5.74, 6) is -1.49. The van der Waals surface area contributed by atoms with Gasteiger partial charge in [-0.15, -0.1) is 0 Å². The Morgan fingerprint density at radius 1 is 1.44 bits per heavy atom. The summed E-state index contributed by atoms with van der Waals surface area (Å²) in [7, 11) is 1.59. The Morgan fingerprint density at radius 2 is 2.17 bits per heavy atom. The zero-order valence-electron chi connectivity index (χ0n) is 10.1. The standard InChI is InChI=1S/C13H15NO4/c1-18-8-9-3-2-4-10(7-9)14-11(15)13(5-6-13)12(16)17/h2-4,7H,5-6,8H2,1H3,(H,14,15)(H,16,17). The third kappa shape index (κ3) is 2.36. The van der Waals surface area contributed by atoms with Crippen LogP contribution in [0.3, 0.4) is 0 Å². The Labute approximate surface area is 105 Å². The highest BCUT2D eigenvalue weighted by Crippen LogP contribution is 2.46. The molecule has 18 heavy (non-hydrogen) atoms. The first-order valence-corrected chi connectivity index (χ1v) is 5.71. The van der Waals surface area contributed by atoms with Gasteiger partial charge >= 0.3 is 5.97 Å². The second-order valence-electron chi connectivity index (χ2n) is 4.47. The maximum atomic E-state index is 11.9. The van der Waals surface area contributed by atoms with E-state index in [-0.39, 0.29) is 0 Å². The average molecular weight is 249 g/mol. The van der Waals surface area contributed by atoms with Gasteiger partial charge in [-0.2, -0.15) is 0 Å². The maximum absolute atomic E-state index is 11.9. The molecule has 0 aromatic heterocycles. The second-order valence-corrected chi connectivity index (χ2v) is 4.47. The van der Waals surface area contributed by atoms with E-state index in [4.69, 9.17) is 9.84 Å². The lowest BCUT2D eigenvalue weighted by atomic mass is 10.1. The summed E-state index contributed by atoms with van der Waals surface area (Å²) in [6, 6.07) is 7.18. The molecule has 0 unspecified atom stereocenters. The average Bonchev–Trinajstić information content (AvgIpc) is 3.10. The molecule has 0 radical (unpaired) electrons. The number of carboxylic acid groups (broad SMARTS) is 1. The predicted octanol–water partition coefficient (Wildman–Crippen LogP) is 1.64. The van der Waals surface area contributed by atoms with Gasteiger partial charge in [0.1, 0.15) is 5.41 Å². The van der Waals surface area contributed by atoms with Crippen molar-refractivity contribution in [3.8, 4) is 0 Å². The van der Waals surface area contributed by atoms with Gasteiger partial charge in [-0.05, 0) is 30.5 Å². The van der Waals surface area contributed by atoms with Crippen LogP contribution in [0.25, 0.3) is 0 Å². The summed E-state index contributed by atoms with van der Waals surface area (Å²) in [4.78, 5) is 22.9. The number of carboxylic acids is 1. The highest BCUT2D eigenvalue weighted by molar-refractivity contribution is 6.10. The Bertz CT molecular complexity index is 480. The largest absolute Gasteiger partial charge is 0.480 e. The highest BCUT2D eigenvalue weighted by atomic mass is 16.5. The monoisotopic (exact) mass is 249 g/mol. The maximum Gasteiger partial charge on any atom is 0.319 e. The molecule has 0 heterocycles. The van der Waals surface area contributed by atoms with Crippen LogP contribution in [-0.2, 0) is 20.9 Å². The number of hydrogen-bond acceptors (Lipinski definition) is 3. The molecule has 1 amide bonds. The lowest BCUT2D eigenvalue weighted by Gasteiger charge is -2.11. The van der Waals surface area contributed by atoms with Gasteiger partial charge in [-0.3, -0.25) is 9.59 Å². The smallest absolute Gasteiger partial charge is 0.319 e. The Kier molecular flexibility index (Phi) is 3.34. The third-order valence-corrected chi connectivity index (χ3v) is 3.09. The minimum Gasteiger partial charge on any atom is -0.480 e. The van der Waals surface area contributed by atoms with Crippen LogP contribution < -0.4 is 5.32 Å². The molecule has 2 N–H and O–H groups in total. The molecule has 0 aliphatic heterocycles. The number of amides is 1. The Hall–Kier alpha value is -1.88. The number of nitrogens with one attached hydrogen (secondary N) is 1. The topological polar surface area (TPSA) is 75.6 Å². The van der Waals surface area contributed by atoms with Crippen molar-refractivity contribution in [2.24, 2.45) is 5.41 Å². The van der Waals surface area contributed by atoms with Crippen molar-refractivity contribution in [2.75, 3.05) is 12.4 Å². The molecule has 5 nitrogen and oxygen atoms in total. The van der Waals surface area contributed by atoms with Crippen LogP contribution in [0.1, 0.15) is 18.4 Å². The quantitative estimate of drug-likeness (QED) is 0.778. The van der Waals surface area contributed by atoms with Crippen LogP contribution in [0.2, 0.25) is 0 Å². The lowest BCUT2D eigenvalue weighted by Crippen LogP contribution is -2.31. The van der Waals surface area contributed by atoms with Gasteiger partial charge < -0.3 is 15.2 Å². The first kappa shape index (κ1) is 12.6. The van der Waals surface area contributed by atoms with Crippen LogP contribution in [0.15, 0.2) is 24.3 Å². The van der Waals surface area contributed by atoms with Crippen LogP contribution >= 0.6 is 0 Å². The number of ether oxygens (including phenoxy) is 1. The molecule has 0 bridgehead atoms. The molecular formula is C13H15NO4. The summed E-state index contributed by atoms with van der Waals surface area (Å²) in [5, 5.41) is 11.7. The van der Waals surface area contributed by atoms with Gasteiger partial charge in [0.05, 0.1) is 6.61 Å². The van der Waals surface area contributed by atoms with Crippen molar-refractivity contribution in [2.45, 2.75) is 19.4 Å². The first-order chi connectivity index (χ1) is 8.58. The normalized spacial score (nSPS) is 16.1. The van der Waals surface area contributed by atoms with Gasteiger partial charge in [0.25, 0.3) is 0 Å². The SMILES string of the molecule is COCc1cccc(NC(=O)C2(C(=O)O)CC2)c1. The van der Waals surface area contributed by atoms with Crippen molar-refractivity contribution in [3.63, 3.8) is 0 Å². The number of aliphatic carboxylic acids is 1. The fourth-order valence-corrected chi connectivity index (χ4v) is 1.82. The van der Waals surface area contributed by atoms with Gasteiger partial charge in [-0.25, -0.2) is 0 Å². The minimum absolute atomic E-state index is 0.409. The second kappa shape index (κ2) is 4.78. The number of methoxy groups -OCH3 is 1. The fraction of sp³-hybridized carbons (Fsp3) is 0.385. The molecule has 2 rings (SSSR count). The molecule has 96 valence electrons. The van der Waals surface area contributed by atoms with Gasteiger partial charge in [-0.1, -0.05) is 12.1 Å². The van der Waals surface area contributed by atoms with Crippen molar-refractivity contribution in [1.82, 2.24) is 0 Å². The van der Waals surface area contributed by atoms with E-state index in [9.17, 15) is 9.59 Å². The molecule has 1 aromatic rings. The molecule has 5 heteroatoms. The third-order valence-electron chi connectivity index (χ3n) is 3.09. The zero-order valence-corrected chi connectivity index (χ0v) is 10.1. The van der Waals surface area contributed by atoms with E-state index in [1.165, 1.54) is 0 Å². The molecule has 1 aliphatic carbocycles. The summed E-state index contributed by atoms with van der Waals surface area (Å²) in [6.45, 7) is 0.452. The summed E-state index contributed by atoms with van der Waals surface area (Å²) >= 11 is 0. The molecule has 0 saturated heterocycles. The molecule has 1 aromatic carbocycles. The number of rotatable bonds is 5. The van der Waals surface area contributed by atoms with Crippen LogP contribution in [-0.4, -0.2) is 24.1 Å². The van der Waals surface area contributed by atoms with E-state index < -0.39 is 17.3 Å². The highest BCUT2D eigenvalue weighted by Gasteiger charge is 2.57. The van der Waals surface area contributed by atoms with Crippen molar-refractivity contribution in [1.29, 1.82) is 0 Å². The summed E-state index contributed by atoms with van der Waals surface area (Å²) in [6.07, 6.45) is 0.817. The van der Waals surface area contributed by atoms with Gasteiger partial charge in [0, 0.05) is 12.8 Å². The van der Waals surface area contributed by atoms with E-state index in [1.54, 1.807) is 25.3 Å². The van der Waals surface area contributed by atoms with Crippen molar-refractivity contribution >= 4 is 17.6 Å². The molecule has 1 aliphatic rings. The number of hydrogen-bond donors (Lipinski definition) is 2. The van der Waals surface area contributed by atoms with Crippen molar-refractivity contribution in [3.05, 3.63) is 29.8 Å². The summed E-state index contributed by atoms with van der Waals surface area (Å²) < 4.78 is 5.00. The van der Waals surface area contributed by atoms with Gasteiger partial charge in [0.15, 0.2) is 0 Å². The van der Waals surface area contributed by atoms with E-state index in [0.717, 1.165) is 5.56 Å². The van der Waals surface area contributed by atoms with E-state index in [0.29, 0.717) is 25.1 Å². The number of carbonyl (C=O) groups excluding carboxylic acids is 1. The zero-order chi connectivity index (χ0) is 13.2. The predicted molar refractivity (Wildman–Crippen MR) is 65.1 cm³/mol. The Morgan fingerprint density at radius 3 is 2.72 bits per heavy atom. The van der Waals surface area contributed by atoms with Gasteiger partial charge in [0.2, 0.25) is 5.91 Å². The lowest BCUT2D eigenvalue weighted by molar-refractivity contribution is -0.147. The van der Waals surface area contributed by atoms with Crippen molar-refractivity contribution < 1.29 is 19.4 Å². The van der Waals surface area contributed by atoms with Crippen LogP contribution in [0.5, 0.6) is 0 Å². The van der Waals surface area contributed by atoms with E-state index in [2.05, 4.69) is 5.32 Å². The fourth-order valence-electron chi connectivity index (χ4n) is 1.82. The van der Waals surface area contributed by atoms with E-state index in [1.807, 2.05) is 6.07 Å². The molecular weight excluding hydrogens is 234 g/mol. The number of carbonyl (C=O) groups is 2. The Balaban J connectivity index is 2.08. The molecule has 1 fully saturated rings. The minimum atomic E-state index is -1.21. The van der Waals surface area contributed by atoms with Crippen LogP contribution in [0.4, 0.5) is 5.69 Å². The molecule has 1 saturated carbocycles. The molecule has 0 spiro atoms.